The quantitative estimate of drug-likeness (QED) is 0.350. The number of carbonyl (C=O) groups is 2. The van der Waals surface area contributed by atoms with Crippen molar-refractivity contribution in [3.05, 3.63) is 59.2 Å². The van der Waals surface area contributed by atoms with Crippen LogP contribution in [0.1, 0.15) is 42.3 Å². The molecule has 0 atom stereocenters. The standard InChI is InChI=1S/C23H22O6/c1-14(24)28-16-8-5-15(6-9-16)7-10-18(25)21-20(27-4)13-19-17(22(21)26)11-12-23(2,3)29-19/h5-13,26H,1-4H3/b10-7+. The third-order valence-corrected chi connectivity index (χ3v) is 4.33. The molecular formula is C23H22O6. The molecule has 1 aliphatic heterocycles. The van der Waals surface area contributed by atoms with Crippen molar-refractivity contribution in [2.45, 2.75) is 26.4 Å². The zero-order valence-corrected chi connectivity index (χ0v) is 16.7. The molecular weight excluding hydrogens is 372 g/mol. The Balaban J connectivity index is 1.89. The van der Waals surface area contributed by atoms with Crippen molar-refractivity contribution >= 4 is 23.9 Å². The molecule has 2 aromatic carbocycles. The van der Waals surface area contributed by atoms with Crippen LogP contribution in [0.5, 0.6) is 23.0 Å². The fourth-order valence-corrected chi connectivity index (χ4v) is 2.95. The van der Waals surface area contributed by atoms with Gasteiger partial charge in [0.2, 0.25) is 0 Å². The number of phenols is 1. The maximum absolute atomic E-state index is 12.8. The molecule has 1 heterocycles. The summed E-state index contributed by atoms with van der Waals surface area (Å²) in [6, 6.07) is 8.30. The Hall–Kier alpha value is -3.54. The second kappa shape index (κ2) is 7.83. The van der Waals surface area contributed by atoms with Crippen LogP contribution in [-0.2, 0) is 4.79 Å². The van der Waals surface area contributed by atoms with Gasteiger partial charge in [-0.1, -0.05) is 18.2 Å². The summed E-state index contributed by atoms with van der Waals surface area (Å²) in [5, 5.41) is 10.7. The summed E-state index contributed by atoms with van der Waals surface area (Å²) >= 11 is 0. The van der Waals surface area contributed by atoms with E-state index in [4.69, 9.17) is 14.2 Å². The van der Waals surface area contributed by atoms with Crippen molar-refractivity contribution in [2.24, 2.45) is 0 Å². The van der Waals surface area contributed by atoms with Gasteiger partial charge >= 0.3 is 5.97 Å². The van der Waals surface area contributed by atoms with Gasteiger partial charge in [0.05, 0.1) is 12.7 Å². The summed E-state index contributed by atoms with van der Waals surface area (Å²) in [4.78, 5) is 23.8. The molecule has 0 fully saturated rings. The minimum atomic E-state index is -0.520. The van der Waals surface area contributed by atoms with Crippen LogP contribution >= 0.6 is 0 Å². The number of hydrogen-bond acceptors (Lipinski definition) is 6. The number of allylic oxidation sites excluding steroid dienone is 1. The number of hydrogen-bond donors (Lipinski definition) is 1. The molecule has 2 aromatic rings. The van der Waals surface area contributed by atoms with Crippen LogP contribution in [0.3, 0.4) is 0 Å². The van der Waals surface area contributed by atoms with Gasteiger partial charge in [0.15, 0.2) is 5.78 Å². The van der Waals surface area contributed by atoms with E-state index in [2.05, 4.69) is 0 Å². The Kier molecular flexibility index (Phi) is 5.46. The minimum absolute atomic E-state index is 0.0620. The number of benzene rings is 2. The van der Waals surface area contributed by atoms with Gasteiger partial charge in [-0.05, 0) is 49.8 Å². The third kappa shape index (κ3) is 4.48. The van der Waals surface area contributed by atoms with Crippen LogP contribution in [-0.4, -0.2) is 29.6 Å². The van der Waals surface area contributed by atoms with Crippen LogP contribution in [0.2, 0.25) is 0 Å². The summed E-state index contributed by atoms with van der Waals surface area (Å²) in [5.74, 6) is 0.0978. The highest BCUT2D eigenvalue weighted by Gasteiger charge is 2.28. The average molecular weight is 394 g/mol. The first-order valence-electron chi connectivity index (χ1n) is 9.03. The van der Waals surface area contributed by atoms with Crippen molar-refractivity contribution in [2.75, 3.05) is 7.11 Å². The Morgan fingerprint density at radius 2 is 1.86 bits per heavy atom. The molecule has 6 heteroatoms. The number of methoxy groups -OCH3 is 1. The fourth-order valence-electron chi connectivity index (χ4n) is 2.95. The largest absolute Gasteiger partial charge is 0.506 e. The Morgan fingerprint density at radius 1 is 1.17 bits per heavy atom. The predicted molar refractivity (Wildman–Crippen MR) is 110 cm³/mol. The van der Waals surface area contributed by atoms with Gasteiger partial charge in [0.25, 0.3) is 0 Å². The van der Waals surface area contributed by atoms with Crippen LogP contribution in [0.4, 0.5) is 0 Å². The van der Waals surface area contributed by atoms with E-state index in [-0.39, 0.29) is 17.1 Å². The molecule has 0 saturated carbocycles. The van der Waals surface area contributed by atoms with Crippen molar-refractivity contribution in [3.63, 3.8) is 0 Å². The van der Waals surface area contributed by atoms with Gasteiger partial charge in [0, 0.05) is 13.0 Å². The number of phenolic OH excluding ortho intramolecular Hbond substituents is 1. The molecule has 0 unspecified atom stereocenters. The van der Waals surface area contributed by atoms with Crippen molar-refractivity contribution in [1.82, 2.24) is 0 Å². The van der Waals surface area contributed by atoms with Crippen LogP contribution in [0.15, 0.2) is 42.5 Å². The summed E-state index contributed by atoms with van der Waals surface area (Å²) in [6.07, 6.45) is 6.51. The molecule has 6 nitrogen and oxygen atoms in total. The van der Waals surface area contributed by atoms with Crippen LogP contribution < -0.4 is 14.2 Å². The summed E-state index contributed by atoms with van der Waals surface area (Å²) in [6.45, 7) is 5.11. The van der Waals surface area contributed by atoms with E-state index in [0.29, 0.717) is 17.1 Å². The number of esters is 1. The zero-order chi connectivity index (χ0) is 21.2. The van der Waals surface area contributed by atoms with E-state index in [1.807, 2.05) is 19.9 Å². The third-order valence-electron chi connectivity index (χ3n) is 4.33. The fraction of sp³-hybridized carbons (Fsp3) is 0.217. The molecule has 0 bridgehead atoms. The number of ketones is 1. The molecule has 0 aliphatic carbocycles. The minimum Gasteiger partial charge on any atom is -0.506 e. The first kappa shape index (κ1) is 20.2. The zero-order valence-electron chi connectivity index (χ0n) is 16.7. The van der Waals surface area contributed by atoms with E-state index in [9.17, 15) is 14.7 Å². The van der Waals surface area contributed by atoms with E-state index >= 15 is 0 Å². The number of carbonyl (C=O) groups excluding carboxylic acids is 2. The van der Waals surface area contributed by atoms with Crippen molar-refractivity contribution < 1.29 is 28.9 Å². The Labute approximate surface area is 169 Å². The molecule has 1 N–H and O–H groups in total. The highest BCUT2D eigenvalue weighted by molar-refractivity contribution is 6.11. The summed E-state index contributed by atoms with van der Waals surface area (Å²) < 4.78 is 16.2. The molecule has 0 amide bonds. The Bertz CT molecular complexity index is 1010. The molecule has 29 heavy (non-hydrogen) atoms. The van der Waals surface area contributed by atoms with Gasteiger partial charge in [-0.15, -0.1) is 0 Å². The van der Waals surface area contributed by atoms with E-state index in [1.165, 1.54) is 20.1 Å². The molecule has 0 spiro atoms. The maximum Gasteiger partial charge on any atom is 0.308 e. The highest BCUT2D eigenvalue weighted by Crippen LogP contribution is 2.43. The number of rotatable bonds is 5. The van der Waals surface area contributed by atoms with Gasteiger partial charge in [0.1, 0.15) is 34.2 Å². The van der Waals surface area contributed by atoms with Gasteiger partial charge in [-0.3, -0.25) is 9.59 Å². The smallest absolute Gasteiger partial charge is 0.308 e. The lowest BCUT2D eigenvalue weighted by Gasteiger charge is -2.29. The van der Waals surface area contributed by atoms with Gasteiger partial charge in [-0.25, -0.2) is 0 Å². The van der Waals surface area contributed by atoms with E-state index < -0.39 is 17.4 Å². The number of aromatic hydroxyl groups is 1. The molecule has 0 saturated heterocycles. The second-order valence-electron chi connectivity index (χ2n) is 7.11. The lowest BCUT2D eigenvalue weighted by molar-refractivity contribution is -0.131. The Morgan fingerprint density at radius 3 is 2.48 bits per heavy atom. The molecule has 3 rings (SSSR count). The number of fused-ring (bicyclic) bond motifs is 1. The summed E-state index contributed by atoms with van der Waals surface area (Å²) in [5.41, 5.74) is 0.712. The van der Waals surface area contributed by atoms with Crippen molar-refractivity contribution in [3.8, 4) is 23.0 Å². The highest BCUT2D eigenvalue weighted by atomic mass is 16.5. The second-order valence-corrected chi connectivity index (χ2v) is 7.11. The van der Waals surface area contributed by atoms with E-state index in [0.717, 1.165) is 5.56 Å². The first-order valence-corrected chi connectivity index (χ1v) is 9.03. The van der Waals surface area contributed by atoms with Gasteiger partial charge in [-0.2, -0.15) is 0 Å². The van der Waals surface area contributed by atoms with Crippen LogP contribution in [0, 0.1) is 0 Å². The predicted octanol–water partition coefficient (Wildman–Crippen LogP) is 4.41. The topological polar surface area (TPSA) is 82.1 Å². The SMILES string of the molecule is COc1cc2c(c(O)c1C(=O)/C=C/c1ccc(OC(C)=O)cc1)C=CC(C)(C)O2. The van der Waals surface area contributed by atoms with Crippen LogP contribution in [0.25, 0.3) is 12.2 Å². The van der Waals surface area contributed by atoms with E-state index in [1.54, 1.807) is 42.5 Å². The molecule has 0 radical (unpaired) electrons. The molecule has 150 valence electrons. The molecule has 1 aliphatic rings. The van der Waals surface area contributed by atoms with Gasteiger partial charge < -0.3 is 19.3 Å². The number of ether oxygens (including phenoxy) is 3. The van der Waals surface area contributed by atoms with Crippen molar-refractivity contribution in [1.29, 1.82) is 0 Å². The lowest BCUT2D eigenvalue weighted by atomic mass is 9.97. The average Bonchev–Trinajstić information content (AvgIpc) is 2.65. The normalized spacial score (nSPS) is 14.2. The first-order chi connectivity index (χ1) is 13.7. The lowest BCUT2D eigenvalue weighted by Crippen LogP contribution is -2.27. The maximum atomic E-state index is 12.8. The summed E-state index contributed by atoms with van der Waals surface area (Å²) in [7, 11) is 1.43. The molecule has 0 aromatic heterocycles. The monoisotopic (exact) mass is 394 g/mol.